The highest BCUT2D eigenvalue weighted by Crippen LogP contribution is 2.69. The molecule has 1 saturated carbocycles. The molecule has 1 N–H and O–H groups in total. The van der Waals surface area contributed by atoms with Gasteiger partial charge < -0.3 is 9.84 Å². The molecule has 0 aromatic heterocycles. The Balaban J connectivity index is 2.10. The second-order valence-corrected chi connectivity index (χ2v) is 14.6. The number of hydrogen-bond donors (Lipinski definition) is 1. The van der Waals surface area contributed by atoms with Gasteiger partial charge in [0.05, 0.1) is 11.0 Å². The molecule has 232 valence electrons. The van der Waals surface area contributed by atoms with Crippen LogP contribution in [0.2, 0.25) is 0 Å². The van der Waals surface area contributed by atoms with Gasteiger partial charge in [0.15, 0.2) is 22.8 Å². The Morgan fingerprint density at radius 3 is 2.14 bits per heavy atom. The lowest BCUT2D eigenvalue weighted by Crippen LogP contribution is -2.70. The van der Waals surface area contributed by atoms with E-state index < -0.39 is 39.5 Å². The van der Waals surface area contributed by atoms with Crippen molar-refractivity contribution in [3.63, 3.8) is 0 Å². The van der Waals surface area contributed by atoms with Gasteiger partial charge in [-0.15, -0.1) is 0 Å². The molecule has 5 atom stereocenters. The summed E-state index contributed by atoms with van der Waals surface area (Å²) < 4.78 is 6.50. The van der Waals surface area contributed by atoms with Gasteiger partial charge >= 0.3 is 0 Å². The Kier molecular flexibility index (Phi) is 9.02. The first-order chi connectivity index (χ1) is 20.0. The molecule has 1 aliphatic heterocycles. The minimum absolute atomic E-state index is 0.147. The van der Waals surface area contributed by atoms with Gasteiger partial charge in [0.2, 0.25) is 0 Å². The molecule has 1 aromatic carbocycles. The van der Waals surface area contributed by atoms with E-state index in [2.05, 4.69) is 26.0 Å². The fourth-order valence-corrected chi connectivity index (χ4v) is 7.66. The SMILES string of the molecule is CC(C)=CCC[C@]1(C)[C@@H](CC=C(C)C)C[C@@]2(CC=C(C)C)C(=O)[C@]1(C(=O)c1ccccc1)C(=O)C1=C2O[C@@H](C(C)(C)O)C1. The van der Waals surface area contributed by atoms with Crippen molar-refractivity contribution < 1.29 is 24.2 Å². The third-order valence-electron chi connectivity index (χ3n) is 10.2. The molecular weight excluding hydrogens is 536 g/mol. The molecule has 2 aliphatic carbocycles. The van der Waals surface area contributed by atoms with E-state index in [0.29, 0.717) is 49.0 Å². The summed E-state index contributed by atoms with van der Waals surface area (Å²) >= 11 is 0. The van der Waals surface area contributed by atoms with E-state index in [1.807, 2.05) is 46.8 Å². The van der Waals surface area contributed by atoms with Gasteiger partial charge in [0.1, 0.15) is 11.9 Å². The molecule has 5 heteroatoms. The predicted molar refractivity (Wildman–Crippen MR) is 171 cm³/mol. The lowest BCUT2D eigenvalue weighted by molar-refractivity contribution is -0.168. The van der Waals surface area contributed by atoms with Crippen molar-refractivity contribution in [1.82, 2.24) is 0 Å². The number of hydrogen-bond acceptors (Lipinski definition) is 5. The van der Waals surface area contributed by atoms with Crippen LogP contribution in [-0.4, -0.2) is 34.2 Å². The summed E-state index contributed by atoms with van der Waals surface area (Å²) in [4.78, 5) is 45.8. The van der Waals surface area contributed by atoms with E-state index in [1.54, 1.807) is 38.1 Å². The second kappa shape index (κ2) is 11.8. The first kappa shape index (κ1) is 32.9. The van der Waals surface area contributed by atoms with Gasteiger partial charge in [-0.1, -0.05) is 72.2 Å². The van der Waals surface area contributed by atoms with E-state index in [4.69, 9.17) is 4.74 Å². The van der Waals surface area contributed by atoms with Crippen LogP contribution in [0, 0.1) is 22.2 Å². The maximum atomic E-state index is 15.5. The molecule has 0 amide bonds. The Labute approximate surface area is 258 Å². The maximum absolute atomic E-state index is 15.5. The van der Waals surface area contributed by atoms with Crippen LogP contribution in [0.15, 0.2) is 76.6 Å². The Morgan fingerprint density at radius 1 is 0.977 bits per heavy atom. The summed E-state index contributed by atoms with van der Waals surface area (Å²) in [5, 5.41) is 11.0. The van der Waals surface area contributed by atoms with Gasteiger partial charge in [0, 0.05) is 17.6 Å². The third-order valence-corrected chi connectivity index (χ3v) is 10.2. The number of aliphatic hydroxyl groups is 1. The van der Waals surface area contributed by atoms with Crippen LogP contribution in [-0.2, 0) is 14.3 Å². The number of carbonyl (C=O) groups excluding carboxylic acids is 3. The molecular formula is C38H50O5. The summed E-state index contributed by atoms with van der Waals surface area (Å²) in [6, 6.07) is 8.86. The van der Waals surface area contributed by atoms with Crippen molar-refractivity contribution in [3.05, 3.63) is 82.2 Å². The van der Waals surface area contributed by atoms with Crippen LogP contribution in [0.5, 0.6) is 0 Å². The van der Waals surface area contributed by atoms with Crippen molar-refractivity contribution in [2.45, 2.75) is 113 Å². The first-order valence-electron chi connectivity index (χ1n) is 15.7. The van der Waals surface area contributed by atoms with E-state index in [9.17, 15) is 5.11 Å². The fraction of sp³-hybridized carbons (Fsp3) is 0.553. The summed E-state index contributed by atoms with van der Waals surface area (Å²) in [5.74, 6) is -0.935. The van der Waals surface area contributed by atoms with Crippen molar-refractivity contribution in [2.24, 2.45) is 22.2 Å². The number of rotatable bonds is 10. The van der Waals surface area contributed by atoms with E-state index in [0.717, 1.165) is 16.7 Å². The van der Waals surface area contributed by atoms with Crippen molar-refractivity contribution >= 4 is 17.3 Å². The molecule has 5 nitrogen and oxygen atoms in total. The maximum Gasteiger partial charge on any atom is 0.184 e. The highest BCUT2D eigenvalue weighted by molar-refractivity contribution is 6.36. The summed E-state index contributed by atoms with van der Waals surface area (Å²) in [6.45, 7) is 17.5. The Bertz CT molecular complexity index is 1410. The largest absolute Gasteiger partial charge is 0.490 e. The highest BCUT2D eigenvalue weighted by Gasteiger charge is 2.77. The van der Waals surface area contributed by atoms with Crippen molar-refractivity contribution in [2.75, 3.05) is 0 Å². The molecule has 0 unspecified atom stereocenters. The smallest absolute Gasteiger partial charge is 0.184 e. The molecule has 43 heavy (non-hydrogen) atoms. The molecule has 1 aromatic rings. The number of allylic oxidation sites excluding steroid dienone is 7. The first-order valence-corrected chi connectivity index (χ1v) is 15.7. The zero-order valence-electron chi connectivity index (χ0n) is 27.6. The van der Waals surface area contributed by atoms with E-state index >= 15 is 14.4 Å². The van der Waals surface area contributed by atoms with Crippen LogP contribution in [0.25, 0.3) is 0 Å². The molecule has 0 radical (unpaired) electrons. The van der Waals surface area contributed by atoms with Gasteiger partial charge in [-0.25, -0.2) is 0 Å². The van der Waals surface area contributed by atoms with Gasteiger partial charge in [0.25, 0.3) is 0 Å². The monoisotopic (exact) mass is 586 g/mol. The number of Topliss-reactive ketones (excluding diaryl/α,β-unsaturated/α-hetero) is 3. The second-order valence-electron chi connectivity index (χ2n) is 14.6. The Hall–Kier alpha value is -3.05. The quantitative estimate of drug-likeness (QED) is 0.169. The number of ketones is 3. The number of ether oxygens (including phenoxy) is 1. The Morgan fingerprint density at radius 2 is 1.58 bits per heavy atom. The van der Waals surface area contributed by atoms with E-state index in [-0.39, 0.29) is 18.1 Å². The van der Waals surface area contributed by atoms with Crippen LogP contribution in [0.4, 0.5) is 0 Å². The minimum atomic E-state index is -1.91. The molecule has 2 bridgehead atoms. The number of benzene rings is 1. The molecule has 1 fully saturated rings. The fourth-order valence-electron chi connectivity index (χ4n) is 7.66. The molecule has 1 heterocycles. The van der Waals surface area contributed by atoms with Crippen LogP contribution >= 0.6 is 0 Å². The average molecular weight is 587 g/mol. The van der Waals surface area contributed by atoms with Gasteiger partial charge in [-0.3, -0.25) is 14.4 Å². The van der Waals surface area contributed by atoms with Gasteiger partial charge in [-0.05, 0) is 98.8 Å². The normalized spacial score (nSPS) is 29.9. The molecule has 0 spiro atoms. The zero-order chi connectivity index (χ0) is 32.0. The molecule has 0 saturated heterocycles. The standard InChI is InChI=1S/C38H50O5/c1-24(2)14-13-20-36(9)28(18-17-25(3)4)23-37(21-19-26(5)6)33-29(22-30(43-33)35(7,8)42)32(40)38(36,34(37)41)31(39)27-15-11-10-12-16-27/h10-12,14-17,19,28,30,42H,13,18,20-23H2,1-9H3/t28-,30+,36+,37+,38-/m0/s1. The molecule has 3 aliphatic rings. The number of carbonyl (C=O) groups is 3. The van der Waals surface area contributed by atoms with Crippen LogP contribution in [0.1, 0.15) is 111 Å². The van der Waals surface area contributed by atoms with Crippen LogP contribution in [0.3, 0.4) is 0 Å². The lowest BCUT2D eigenvalue weighted by atomic mass is 9.38. The topological polar surface area (TPSA) is 80.7 Å². The highest BCUT2D eigenvalue weighted by atomic mass is 16.5. The van der Waals surface area contributed by atoms with Gasteiger partial charge in [-0.2, -0.15) is 0 Å². The lowest BCUT2D eigenvalue weighted by Gasteiger charge is -2.60. The van der Waals surface area contributed by atoms with Crippen molar-refractivity contribution in [3.8, 4) is 0 Å². The average Bonchev–Trinajstić information content (AvgIpc) is 3.39. The van der Waals surface area contributed by atoms with Crippen LogP contribution < -0.4 is 0 Å². The van der Waals surface area contributed by atoms with Crippen molar-refractivity contribution in [1.29, 1.82) is 0 Å². The summed E-state index contributed by atoms with van der Waals surface area (Å²) in [6.07, 6.45) is 8.49. The molecule has 4 rings (SSSR count). The third kappa shape index (κ3) is 5.43. The summed E-state index contributed by atoms with van der Waals surface area (Å²) in [5.41, 5.74) is -1.13. The predicted octanol–water partition coefficient (Wildman–Crippen LogP) is 8.29. The summed E-state index contributed by atoms with van der Waals surface area (Å²) in [7, 11) is 0. The minimum Gasteiger partial charge on any atom is -0.490 e. The zero-order valence-corrected chi connectivity index (χ0v) is 27.6. The van der Waals surface area contributed by atoms with E-state index in [1.165, 1.54) is 0 Å². The number of fused-ring (bicyclic) bond motifs is 3.